The van der Waals surface area contributed by atoms with Crippen molar-refractivity contribution in [1.82, 2.24) is 0 Å². The van der Waals surface area contributed by atoms with Gasteiger partial charge in [-0.1, -0.05) is 29.3 Å². The van der Waals surface area contributed by atoms with Crippen LogP contribution in [0.25, 0.3) is 11.1 Å². The Morgan fingerprint density at radius 1 is 0.947 bits per heavy atom. The lowest BCUT2D eigenvalue weighted by atomic mass is 9.97. The molecule has 0 atom stereocenters. The SMILES string of the molecule is CC(=O)c1ccc(-c2cc(C)c(Cl)cc2C)cc1Cl. The Kier molecular flexibility index (Phi) is 3.98. The van der Waals surface area contributed by atoms with E-state index in [1.54, 1.807) is 6.07 Å². The summed E-state index contributed by atoms with van der Waals surface area (Å²) >= 11 is 12.3. The Labute approximate surface area is 123 Å². The standard InChI is InChI=1S/C16H14Cl2O/c1-9-7-15(17)10(2)6-14(9)12-4-5-13(11(3)19)16(18)8-12/h4-8H,1-3H3. The van der Waals surface area contributed by atoms with E-state index in [1.165, 1.54) is 6.92 Å². The van der Waals surface area contributed by atoms with Gasteiger partial charge in [0.1, 0.15) is 0 Å². The molecule has 0 aromatic heterocycles. The smallest absolute Gasteiger partial charge is 0.161 e. The summed E-state index contributed by atoms with van der Waals surface area (Å²) in [5, 5.41) is 1.24. The fourth-order valence-corrected chi connectivity index (χ4v) is 2.59. The van der Waals surface area contributed by atoms with Gasteiger partial charge in [0.05, 0.1) is 5.02 Å². The van der Waals surface area contributed by atoms with Gasteiger partial charge in [0.25, 0.3) is 0 Å². The Morgan fingerprint density at radius 2 is 1.63 bits per heavy atom. The van der Waals surface area contributed by atoms with E-state index in [1.807, 2.05) is 38.1 Å². The number of benzene rings is 2. The van der Waals surface area contributed by atoms with Gasteiger partial charge in [-0.2, -0.15) is 0 Å². The molecule has 98 valence electrons. The Hall–Kier alpha value is -1.31. The fraction of sp³-hybridized carbons (Fsp3) is 0.188. The van der Waals surface area contributed by atoms with Gasteiger partial charge in [0.2, 0.25) is 0 Å². The first kappa shape index (κ1) is 14.1. The van der Waals surface area contributed by atoms with Crippen molar-refractivity contribution in [2.24, 2.45) is 0 Å². The molecule has 0 heterocycles. The number of rotatable bonds is 2. The number of carbonyl (C=O) groups excluding carboxylic acids is 1. The number of hydrogen-bond acceptors (Lipinski definition) is 1. The van der Waals surface area contributed by atoms with Gasteiger partial charge in [-0.25, -0.2) is 0 Å². The maximum Gasteiger partial charge on any atom is 0.161 e. The van der Waals surface area contributed by atoms with Crippen molar-refractivity contribution in [2.75, 3.05) is 0 Å². The lowest BCUT2D eigenvalue weighted by molar-refractivity contribution is 0.101. The highest BCUT2D eigenvalue weighted by Crippen LogP contribution is 2.31. The van der Waals surface area contributed by atoms with Crippen molar-refractivity contribution in [3.8, 4) is 11.1 Å². The summed E-state index contributed by atoms with van der Waals surface area (Å²) in [6, 6.07) is 9.49. The molecular formula is C16H14Cl2O. The van der Waals surface area contributed by atoms with Crippen LogP contribution in [0.1, 0.15) is 28.4 Å². The number of hydrogen-bond donors (Lipinski definition) is 0. The van der Waals surface area contributed by atoms with Crippen LogP contribution in [-0.4, -0.2) is 5.78 Å². The fourth-order valence-electron chi connectivity index (χ4n) is 2.06. The van der Waals surface area contributed by atoms with Crippen LogP contribution in [0.15, 0.2) is 30.3 Å². The van der Waals surface area contributed by atoms with E-state index in [2.05, 4.69) is 0 Å². The van der Waals surface area contributed by atoms with E-state index < -0.39 is 0 Å². The first-order valence-corrected chi connectivity index (χ1v) is 6.73. The second-order valence-corrected chi connectivity index (χ2v) is 5.48. The monoisotopic (exact) mass is 292 g/mol. The number of carbonyl (C=O) groups is 1. The molecule has 0 aliphatic rings. The van der Waals surface area contributed by atoms with Crippen LogP contribution in [-0.2, 0) is 0 Å². The van der Waals surface area contributed by atoms with E-state index >= 15 is 0 Å². The van der Waals surface area contributed by atoms with Gasteiger partial charge >= 0.3 is 0 Å². The van der Waals surface area contributed by atoms with Crippen molar-refractivity contribution < 1.29 is 4.79 Å². The molecule has 0 fully saturated rings. The van der Waals surface area contributed by atoms with Crippen LogP contribution in [0.3, 0.4) is 0 Å². The maximum atomic E-state index is 11.4. The predicted molar refractivity (Wildman–Crippen MR) is 81.4 cm³/mol. The zero-order valence-corrected chi connectivity index (χ0v) is 12.6. The predicted octanol–water partition coefficient (Wildman–Crippen LogP) is 5.48. The van der Waals surface area contributed by atoms with Gasteiger partial charge in [0.15, 0.2) is 5.78 Å². The molecule has 1 nitrogen and oxygen atoms in total. The number of ketones is 1. The van der Waals surface area contributed by atoms with E-state index in [0.29, 0.717) is 10.6 Å². The lowest BCUT2D eigenvalue weighted by Crippen LogP contribution is -1.94. The van der Waals surface area contributed by atoms with Crippen molar-refractivity contribution >= 4 is 29.0 Å². The maximum absolute atomic E-state index is 11.4. The van der Waals surface area contributed by atoms with Gasteiger partial charge in [-0.05, 0) is 67.3 Å². The molecule has 0 saturated heterocycles. The van der Waals surface area contributed by atoms with Crippen LogP contribution in [0.2, 0.25) is 10.0 Å². The first-order chi connectivity index (χ1) is 8.90. The summed E-state index contributed by atoms with van der Waals surface area (Å²) in [6.07, 6.45) is 0. The van der Waals surface area contributed by atoms with Crippen molar-refractivity contribution in [1.29, 1.82) is 0 Å². The zero-order chi connectivity index (χ0) is 14.2. The number of Topliss-reactive ketones (excluding diaryl/α,β-unsaturated/α-hetero) is 1. The number of halogens is 2. The summed E-state index contributed by atoms with van der Waals surface area (Å²) in [7, 11) is 0. The molecule has 0 amide bonds. The third kappa shape index (κ3) is 2.83. The van der Waals surface area contributed by atoms with Gasteiger partial charge < -0.3 is 0 Å². The minimum atomic E-state index is -0.0273. The van der Waals surface area contributed by atoms with E-state index in [9.17, 15) is 4.79 Å². The zero-order valence-electron chi connectivity index (χ0n) is 11.1. The van der Waals surface area contributed by atoms with E-state index in [4.69, 9.17) is 23.2 Å². The van der Waals surface area contributed by atoms with Crippen molar-refractivity contribution in [3.63, 3.8) is 0 Å². The Bertz CT molecular complexity index is 660. The summed E-state index contributed by atoms with van der Waals surface area (Å²) in [6.45, 7) is 5.49. The Morgan fingerprint density at radius 3 is 2.21 bits per heavy atom. The third-order valence-electron chi connectivity index (χ3n) is 3.17. The molecule has 0 saturated carbocycles. The minimum Gasteiger partial charge on any atom is -0.294 e. The summed E-state index contributed by atoms with van der Waals surface area (Å²) < 4.78 is 0. The molecular weight excluding hydrogens is 279 g/mol. The van der Waals surface area contributed by atoms with Crippen LogP contribution >= 0.6 is 23.2 Å². The van der Waals surface area contributed by atoms with Crippen LogP contribution < -0.4 is 0 Å². The molecule has 0 aliphatic carbocycles. The second-order valence-electron chi connectivity index (χ2n) is 4.67. The average molecular weight is 293 g/mol. The van der Waals surface area contributed by atoms with Crippen LogP contribution in [0.4, 0.5) is 0 Å². The molecule has 0 unspecified atom stereocenters. The molecule has 0 N–H and O–H groups in total. The topological polar surface area (TPSA) is 17.1 Å². The molecule has 2 aromatic carbocycles. The van der Waals surface area contributed by atoms with Gasteiger partial charge in [-0.3, -0.25) is 4.79 Å². The first-order valence-electron chi connectivity index (χ1n) is 5.97. The largest absolute Gasteiger partial charge is 0.294 e. The molecule has 0 aliphatic heterocycles. The van der Waals surface area contributed by atoms with Gasteiger partial charge in [0, 0.05) is 10.6 Å². The molecule has 2 aromatic rings. The lowest BCUT2D eigenvalue weighted by Gasteiger charge is -2.10. The van der Waals surface area contributed by atoms with Gasteiger partial charge in [-0.15, -0.1) is 0 Å². The molecule has 3 heteroatoms. The molecule has 2 rings (SSSR count). The Balaban J connectivity index is 2.57. The minimum absolute atomic E-state index is 0.0273. The normalized spacial score (nSPS) is 10.6. The molecule has 0 radical (unpaired) electrons. The number of aryl methyl sites for hydroxylation is 2. The van der Waals surface area contributed by atoms with E-state index in [-0.39, 0.29) is 5.78 Å². The second kappa shape index (κ2) is 5.36. The van der Waals surface area contributed by atoms with Crippen molar-refractivity contribution in [3.05, 3.63) is 57.1 Å². The highest BCUT2D eigenvalue weighted by molar-refractivity contribution is 6.34. The average Bonchev–Trinajstić information content (AvgIpc) is 2.33. The van der Waals surface area contributed by atoms with E-state index in [0.717, 1.165) is 27.3 Å². The summed E-state index contributed by atoms with van der Waals surface area (Å²) in [4.78, 5) is 11.4. The van der Waals surface area contributed by atoms with Crippen LogP contribution in [0.5, 0.6) is 0 Å². The molecule has 19 heavy (non-hydrogen) atoms. The molecule has 0 spiro atoms. The quantitative estimate of drug-likeness (QED) is 0.670. The third-order valence-corrected chi connectivity index (χ3v) is 3.88. The molecule has 0 bridgehead atoms. The van der Waals surface area contributed by atoms with Crippen molar-refractivity contribution in [2.45, 2.75) is 20.8 Å². The highest BCUT2D eigenvalue weighted by atomic mass is 35.5. The van der Waals surface area contributed by atoms with Crippen LogP contribution in [0, 0.1) is 13.8 Å². The summed E-state index contributed by atoms with van der Waals surface area (Å²) in [5.41, 5.74) is 4.73. The highest BCUT2D eigenvalue weighted by Gasteiger charge is 2.10. The summed E-state index contributed by atoms with van der Waals surface area (Å²) in [5.74, 6) is -0.0273.